The van der Waals surface area contributed by atoms with Crippen LogP contribution in [0.2, 0.25) is 0 Å². The summed E-state index contributed by atoms with van der Waals surface area (Å²) >= 11 is 1.74. The van der Waals surface area contributed by atoms with Crippen molar-refractivity contribution in [1.82, 2.24) is 19.8 Å². The van der Waals surface area contributed by atoms with Crippen LogP contribution in [-0.4, -0.2) is 45.9 Å². The normalized spacial score (nSPS) is 18.2. The molecule has 3 aromatic rings. The van der Waals surface area contributed by atoms with Gasteiger partial charge < -0.3 is 4.98 Å². The summed E-state index contributed by atoms with van der Waals surface area (Å²) in [6, 6.07) is 8.64. The minimum absolute atomic E-state index is 0.0580. The minimum atomic E-state index is 0.0580. The first-order valence-corrected chi connectivity index (χ1v) is 11.5. The summed E-state index contributed by atoms with van der Waals surface area (Å²) in [5.74, 6) is 0.813. The number of hydrogen-bond donors (Lipinski definition) is 1. The number of benzene rings is 1. The van der Waals surface area contributed by atoms with Crippen LogP contribution in [-0.2, 0) is 25.9 Å². The van der Waals surface area contributed by atoms with Gasteiger partial charge in [0.2, 0.25) is 0 Å². The van der Waals surface area contributed by atoms with Gasteiger partial charge in [-0.15, -0.1) is 11.3 Å². The fourth-order valence-corrected chi connectivity index (χ4v) is 5.91. The van der Waals surface area contributed by atoms with E-state index in [1.54, 1.807) is 11.3 Å². The van der Waals surface area contributed by atoms with Gasteiger partial charge in [0.05, 0.1) is 11.9 Å². The molecule has 0 atom stereocenters. The highest BCUT2D eigenvalue weighted by molar-refractivity contribution is 7.18. The summed E-state index contributed by atoms with van der Waals surface area (Å²) in [7, 11) is 0. The van der Waals surface area contributed by atoms with Crippen LogP contribution in [0.25, 0.3) is 10.2 Å². The number of aromatic nitrogens is 2. The molecule has 1 fully saturated rings. The first-order valence-electron chi connectivity index (χ1n) is 10.7. The maximum absolute atomic E-state index is 12.7. The maximum atomic E-state index is 12.7. The lowest BCUT2D eigenvalue weighted by atomic mass is 9.97. The number of nitrogens with zero attached hydrogens (tertiary/aromatic N) is 3. The third-order valence-corrected chi connectivity index (χ3v) is 7.55. The fraction of sp³-hybridized carbons (Fsp3) is 0.478. The Labute approximate surface area is 175 Å². The predicted octanol–water partition coefficient (Wildman–Crippen LogP) is 3.49. The average molecular weight is 409 g/mol. The van der Waals surface area contributed by atoms with Gasteiger partial charge in [0.25, 0.3) is 5.56 Å². The Morgan fingerprint density at radius 3 is 2.55 bits per heavy atom. The monoisotopic (exact) mass is 408 g/mol. The van der Waals surface area contributed by atoms with E-state index in [1.807, 2.05) is 0 Å². The summed E-state index contributed by atoms with van der Waals surface area (Å²) in [5.41, 5.74) is 4.10. The molecule has 3 heterocycles. The highest BCUT2D eigenvalue weighted by Gasteiger charge is 2.22. The molecule has 1 aromatic carbocycles. The van der Waals surface area contributed by atoms with Crippen molar-refractivity contribution in [3.8, 4) is 0 Å². The van der Waals surface area contributed by atoms with Crippen molar-refractivity contribution in [2.75, 3.05) is 26.2 Å². The van der Waals surface area contributed by atoms with Crippen molar-refractivity contribution in [1.29, 1.82) is 0 Å². The minimum Gasteiger partial charge on any atom is -0.309 e. The van der Waals surface area contributed by atoms with Crippen molar-refractivity contribution >= 4 is 21.6 Å². The first-order chi connectivity index (χ1) is 14.2. The molecule has 5 nitrogen and oxygen atoms in total. The molecule has 1 aliphatic carbocycles. The van der Waals surface area contributed by atoms with Crippen LogP contribution in [0.1, 0.15) is 40.2 Å². The molecular formula is C23H28N4OS. The second-order valence-electron chi connectivity index (χ2n) is 8.38. The molecule has 1 saturated heterocycles. The number of thiophene rings is 1. The number of hydrogen-bond acceptors (Lipinski definition) is 5. The summed E-state index contributed by atoms with van der Waals surface area (Å²) in [6.45, 7) is 8.05. The first kappa shape index (κ1) is 19.0. The van der Waals surface area contributed by atoms with Gasteiger partial charge >= 0.3 is 0 Å². The second kappa shape index (κ2) is 8.01. The zero-order valence-corrected chi connectivity index (χ0v) is 17.9. The molecule has 0 unspecified atom stereocenters. The quantitative estimate of drug-likeness (QED) is 0.718. The Morgan fingerprint density at radius 2 is 1.76 bits per heavy atom. The largest absolute Gasteiger partial charge is 0.309 e. The zero-order chi connectivity index (χ0) is 19.8. The Morgan fingerprint density at radius 1 is 1.03 bits per heavy atom. The Hall–Kier alpha value is -2.02. The lowest BCUT2D eigenvalue weighted by Crippen LogP contribution is -2.45. The second-order valence-corrected chi connectivity index (χ2v) is 9.47. The standard InChI is InChI=1S/C23H28N4OS/c1-16-6-2-3-7-17(16)14-26-10-12-27(13-11-26)15-20-24-22(28)21-18-8-4-5-9-19(18)29-23(21)25-20/h2-3,6-7H,4-5,8-15H2,1H3,(H,24,25,28). The predicted molar refractivity (Wildman–Crippen MR) is 119 cm³/mol. The van der Waals surface area contributed by atoms with Gasteiger partial charge in [0.15, 0.2) is 0 Å². The SMILES string of the molecule is Cc1ccccc1CN1CCN(Cc2nc3sc4c(c3c(=O)[nH]2)CCCC4)CC1. The van der Waals surface area contributed by atoms with Crippen molar-refractivity contribution in [2.45, 2.75) is 45.7 Å². The van der Waals surface area contributed by atoms with E-state index in [9.17, 15) is 4.79 Å². The molecule has 0 saturated carbocycles. The highest BCUT2D eigenvalue weighted by Crippen LogP contribution is 2.33. The van der Waals surface area contributed by atoms with Crippen LogP contribution >= 0.6 is 11.3 Å². The summed E-state index contributed by atoms with van der Waals surface area (Å²) in [5, 5.41) is 0.858. The molecule has 2 aliphatic rings. The smallest absolute Gasteiger partial charge is 0.259 e. The molecule has 0 bridgehead atoms. The molecular weight excluding hydrogens is 380 g/mol. The molecule has 0 amide bonds. The molecule has 2 aromatic heterocycles. The average Bonchev–Trinajstić information content (AvgIpc) is 3.10. The maximum Gasteiger partial charge on any atom is 0.259 e. The van der Waals surface area contributed by atoms with Gasteiger partial charge in [-0.1, -0.05) is 24.3 Å². The van der Waals surface area contributed by atoms with Gasteiger partial charge in [-0.2, -0.15) is 0 Å². The molecule has 0 spiro atoms. The number of nitrogens with one attached hydrogen (secondary N) is 1. The number of fused-ring (bicyclic) bond motifs is 3. The lowest BCUT2D eigenvalue weighted by Gasteiger charge is -2.34. The van der Waals surface area contributed by atoms with Gasteiger partial charge in [-0.05, 0) is 49.3 Å². The topological polar surface area (TPSA) is 52.2 Å². The zero-order valence-electron chi connectivity index (χ0n) is 17.0. The van der Waals surface area contributed by atoms with Crippen LogP contribution in [0, 0.1) is 6.92 Å². The van der Waals surface area contributed by atoms with E-state index in [-0.39, 0.29) is 5.56 Å². The van der Waals surface area contributed by atoms with Gasteiger partial charge in [0, 0.05) is 37.6 Å². The van der Waals surface area contributed by atoms with Crippen LogP contribution in [0.4, 0.5) is 0 Å². The molecule has 1 N–H and O–H groups in total. The number of aromatic amines is 1. The number of H-pyrrole nitrogens is 1. The van der Waals surface area contributed by atoms with Crippen LogP contribution in [0.3, 0.4) is 0 Å². The van der Waals surface area contributed by atoms with Gasteiger partial charge in [-0.25, -0.2) is 4.98 Å². The van der Waals surface area contributed by atoms with Crippen molar-refractivity contribution in [2.24, 2.45) is 0 Å². The molecule has 5 rings (SSSR count). The molecule has 29 heavy (non-hydrogen) atoms. The number of rotatable bonds is 4. The van der Waals surface area contributed by atoms with Gasteiger partial charge in [0.1, 0.15) is 10.7 Å². The van der Waals surface area contributed by atoms with Crippen LogP contribution in [0.15, 0.2) is 29.1 Å². The van der Waals surface area contributed by atoms with E-state index in [4.69, 9.17) is 4.98 Å². The summed E-state index contributed by atoms with van der Waals surface area (Å²) < 4.78 is 0. The van der Waals surface area contributed by atoms with E-state index in [0.717, 1.165) is 68.2 Å². The molecule has 0 radical (unpaired) electrons. The van der Waals surface area contributed by atoms with E-state index < -0.39 is 0 Å². The molecule has 6 heteroatoms. The highest BCUT2D eigenvalue weighted by atomic mass is 32.1. The third kappa shape index (κ3) is 3.89. The fourth-order valence-electron chi connectivity index (χ4n) is 4.63. The van der Waals surface area contributed by atoms with Crippen molar-refractivity contribution in [3.63, 3.8) is 0 Å². The Bertz CT molecular complexity index is 1080. The van der Waals surface area contributed by atoms with E-state index in [0.29, 0.717) is 0 Å². The number of aryl methyl sites for hydroxylation is 3. The third-order valence-electron chi connectivity index (χ3n) is 6.37. The van der Waals surface area contributed by atoms with Crippen LogP contribution in [0.5, 0.6) is 0 Å². The van der Waals surface area contributed by atoms with Gasteiger partial charge in [-0.3, -0.25) is 14.6 Å². The molecule has 152 valence electrons. The molecule has 1 aliphatic heterocycles. The summed E-state index contributed by atoms with van der Waals surface area (Å²) in [4.78, 5) is 27.9. The lowest BCUT2D eigenvalue weighted by molar-refractivity contribution is 0.120. The van der Waals surface area contributed by atoms with E-state index >= 15 is 0 Å². The van der Waals surface area contributed by atoms with Crippen LogP contribution < -0.4 is 5.56 Å². The summed E-state index contributed by atoms with van der Waals surface area (Å²) in [6.07, 6.45) is 4.56. The van der Waals surface area contributed by atoms with Crippen molar-refractivity contribution in [3.05, 3.63) is 62.0 Å². The number of piperazine rings is 1. The van der Waals surface area contributed by atoms with E-state index in [2.05, 4.69) is 46.0 Å². The Balaban J connectivity index is 1.25. The Kier molecular flexibility index (Phi) is 5.24. The van der Waals surface area contributed by atoms with Crippen molar-refractivity contribution < 1.29 is 0 Å². The van der Waals surface area contributed by atoms with E-state index in [1.165, 1.54) is 34.4 Å².